The highest BCUT2D eigenvalue weighted by molar-refractivity contribution is 7.92. The van der Waals surface area contributed by atoms with Gasteiger partial charge in [-0.15, -0.1) is 0 Å². The third-order valence-corrected chi connectivity index (χ3v) is 11.4. The van der Waals surface area contributed by atoms with Crippen LogP contribution in [-0.4, -0.2) is 82.2 Å². The van der Waals surface area contributed by atoms with E-state index in [2.05, 4.69) is 45.7 Å². The first-order valence-electron chi connectivity index (χ1n) is 15.9. The van der Waals surface area contributed by atoms with E-state index in [1.54, 1.807) is 45.3 Å². The van der Waals surface area contributed by atoms with Gasteiger partial charge in [-0.2, -0.15) is 5.10 Å². The first-order chi connectivity index (χ1) is 22.0. The van der Waals surface area contributed by atoms with Gasteiger partial charge in [-0.3, -0.25) is 5.10 Å². The van der Waals surface area contributed by atoms with Gasteiger partial charge in [0.25, 0.3) is 0 Å². The molecule has 0 bridgehead atoms. The molecule has 0 unspecified atom stereocenters. The maximum atomic E-state index is 13.8. The van der Waals surface area contributed by atoms with Crippen molar-refractivity contribution in [3.8, 4) is 11.5 Å². The summed E-state index contributed by atoms with van der Waals surface area (Å²) in [6.45, 7) is 12.8. The molecule has 3 N–H and O–H groups in total. The molecule has 0 aliphatic carbocycles. The normalized spacial score (nSPS) is 16.9. The van der Waals surface area contributed by atoms with Crippen molar-refractivity contribution in [2.24, 2.45) is 5.92 Å². The fraction of sp³-hybridized carbons (Fsp3) is 0.531. The number of nitrogens with one attached hydrogen (secondary N) is 3. The van der Waals surface area contributed by atoms with E-state index >= 15 is 0 Å². The van der Waals surface area contributed by atoms with Crippen LogP contribution in [0.1, 0.15) is 57.7 Å². The standard InChI is InChI=1S/C32H43N9O4S/c1-20-21(2)39-40-29(20)38-30-25-14-28(46(42,43)32(3,4)5)27(15-26(25)36-19-37-30)44-18-22-8-12-41(13-9-22)31-34-16-24(17-35-31)45-23-6-10-33-11-7-23/h14-17,19,22-23,33H,6-13,18H2,1-5H3,(H2,36,37,38,39,40). The number of piperidine rings is 2. The number of benzene rings is 1. The molecule has 13 nitrogen and oxygen atoms in total. The molecule has 246 valence electrons. The predicted molar refractivity (Wildman–Crippen MR) is 177 cm³/mol. The molecule has 3 aromatic heterocycles. The van der Waals surface area contributed by atoms with Gasteiger partial charge in [-0.1, -0.05) is 0 Å². The minimum atomic E-state index is -3.77. The van der Waals surface area contributed by atoms with Gasteiger partial charge in [0.05, 0.1) is 29.3 Å². The van der Waals surface area contributed by atoms with Crippen LogP contribution in [0.2, 0.25) is 0 Å². The first-order valence-corrected chi connectivity index (χ1v) is 17.4. The summed E-state index contributed by atoms with van der Waals surface area (Å²) in [5, 5.41) is 14.4. The minimum absolute atomic E-state index is 0.123. The van der Waals surface area contributed by atoms with Crippen molar-refractivity contribution >= 4 is 38.3 Å². The highest BCUT2D eigenvalue weighted by atomic mass is 32.2. The summed E-state index contributed by atoms with van der Waals surface area (Å²) in [7, 11) is -3.77. The Hall–Kier alpha value is -4.04. The molecule has 0 atom stereocenters. The van der Waals surface area contributed by atoms with Gasteiger partial charge >= 0.3 is 0 Å². The van der Waals surface area contributed by atoms with Crippen molar-refractivity contribution in [3.63, 3.8) is 0 Å². The quantitative estimate of drug-likeness (QED) is 0.233. The van der Waals surface area contributed by atoms with Crippen molar-refractivity contribution in [1.82, 2.24) is 35.5 Å². The van der Waals surface area contributed by atoms with Gasteiger partial charge in [0.15, 0.2) is 21.4 Å². The molecule has 2 aliphatic heterocycles. The second-order valence-electron chi connectivity index (χ2n) is 13.1. The van der Waals surface area contributed by atoms with Crippen LogP contribution in [0.5, 0.6) is 11.5 Å². The lowest BCUT2D eigenvalue weighted by atomic mass is 9.98. The number of hydrogen-bond acceptors (Lipinski definition) is 12. The average molecular weight is 650 g/mol. The number of hydrogen-bond donors (Lipinski definition) is 3. The Morgan fingerprint density at radius 3 is 2.35 bits per heavy atom. The zero-order chi connectivity index (χ0) is 32.5. The Morgan fingerprint density at radius 1 is 0.978 bits per heavy atom. The fourth-order valence-electron chi connectivity index (χ4n) is 5.68. The molecule has 6 rings (SSSR count). The lowest BCUT2D eigenvalue weighted by Gasteiger charge is -2.32. The zero-order valence-corrected chi connectivity index (χ0v) is 27.9. The Balaban J connectivity index is 1.16. The van der Waals surface area contributed by atoms with Crippen LogP contribution in [0.4, 0.5) is 17.6 Å². The van der Waals surface area contributed by atoms with Gasteiger partial charge in [0.1, 0.15) is 28.9 Å². The molecular weight excluding hydrogens is 606 g/mol. The van der Waals surface area contributed by atoms with E-state index in [-0.39, 0.29) is 16.9 Å². The number of ether oxygens (including phenoxy) is 2. The molecule has 5 heterocycles. The van der Waals surface area contributed by atoms with Crippen LogP contribution >= 0.6 is 0 Å². The van der Waals surface area contributed by atoms with Gasteiger partial charge in [0, 0.05) is 35.8 Å². The molecule has 2 aliphatic rings. The number of H-pyrrole nitrogens is 1. The lowest BCUT2D eigenvalue weighted by Crippen LogP contribution is -2.36. The van der Waals surface area contributed by atoms with Crippen molar-refractivity contribution in [2.75, 3.05) is 43.0 Å². The number of fused-ring (bicyclic) bond motifs is 1. The Morgan fingerprint density at radius 2 is 1.70 bits per heavy atom. The van der Waals surface area contributed by atoms with E-state index in [1.807, 2.05) is 13.8 Å². The summed E-state index contributed by atoms with van der Waals surface area (Å²) in [5.41, 5.74) is 2.46. The largest absolute Gasteiger partial charge is 0.492 e. The molecule has 14 heteroatoms. The van der Waals surface area contributed by atoms with E-state index in [0.717, 1.165) is 63.1 Å². The molecule has 46 heavy (non-hydrogen) atoms. The minimum Gasteiger partial charge on any atom is -0.492 e. The SMILES string of the molecule is Cc1[nH]nc(Nc2ncnc3cc(OCC4CCN(c5ncc(OC6CCNCC6)cn5)CC4)c(S(=O)(=O)C(C)(C)C)cc23)c1C. The molecule has 0 spiro atoms. The van der Waals surface area contributed by atoms with E-state index in [4.69, 9.17) is 9.47 Å². The average Bonchev–Trinajstić information content (AvgIpc) is 3.36. The van der Waals surface area contributed by atoms with Crippen molar-refractivity contribution < 1.29 is 17.9 Å². The van der Waals surface area contributed by atoms with E-state index in [0.29, 0.717) is 46.6 Å². The van der Waals surface area contributed by atoms with E-state index in [1.165, 1.54) is 6.33 Å². The highest BCUT2D eigenvalue weighted by Gasteiger charge is 2.35. The van der Waals surface area contributed by atoms with Gasteiger partial charge in [0.2, 0.25) is 5.95 Å². The molecule has 0 radical (unpaired) electrons. The second-order valence-corrected chi connectivity index (χ2v) is 15.8. The molecule has 1 aromatic carbocycles. The van der Waals surface area contributed by atoms with E-state index in [9.17, 15) is 8.42 Å². The number of aromatic amines is 1. The Labute approximate surface area is 269 Å². The number of nitrogens with zero attached hydrogens (tertiary/aromatic N) is 6. The van der Waals surface area contributed by atoms with Gasteiger partial charge in [-0.25, -0.2) is 28.4 Å². The third-order valence-electron chi connectivity index (χ3n) is 8.86. The molecular formula is C32H43N9O4S. The summed E-state index contributed by atoms with van der Waals surface area (Å²) < 4.78 is 39.0. The Bertz CT molecular complexity index is 1770. The number of anilines is 3. The number of sulfone groups is 1. The van der Waals surface area contributed by atoms with E-state index < -0.39 is 14.6 Å². The number of aryl methyl sites for hydroxylation is 1. The van der Waals surface area contributed by atoms with Crippen LogP contribution in [0, 0.1) is 19.8 Å². The summed E-state index contributed by atoms with van der Waals surface area (Å²) in [6.07, 6.45) is 8.87. The van der Waals surface area contributed by atoms with Gasteiger partial charge < -0.3 is 25.0 Å². The molecule has 0 amide bonds. The zero-order valence-electron chi connectivity index (χ0n) is 27.1. The number of rotatable bonds is 9. The van der Waals surface area contributed by atoms with Crippen molar-refractivity contribution in [1.29, 1.82) is 0 Å². The predicted octanol–water partition coefficient (Wildman–Crippen LogP) is 4.50. The van der Waals surface area contributed by atoms with Crippen molar-refractivity contribution in [3.05, 3.63) is 42.1 Å². The van der Waals surface area contributed by atoms with Crippen LogP contribution < -0.4 is 25.0 Å². The Kier molecular flexibility index (Phi) is 9.01. The maximum absolute atomic E-state index is 13.8. The summed E-state index contributed by atoms with van der Waals surface area (Å²) >= 11 is 0. The fourth-order valence-corrected chi connectivity index (χ4v) is 7.00. The number of aromatic nitrogens is 6. The molecule has 0 saturated carbocycles. The maximum Gasteiger partial charge on any atom is 0.225 e. The van der Waals surface area contributed by atoms with Crippen LogP contribution in [0.25, 0.3) is 10.9 Å². The third kappa shape index (κ3) is 6.73. The molecule has 2 fully saturated rings. The summed E-state index contributed by atoms with van der Waals surface area (Å²) in [4.78, 5) is 20.3. The first kappa shape index (κ1) is 31.9. The molecule has 2 saturated heterocycles. The second kappa shape index (κ2) is 13.0. The van der Waals surface area contributed by atoms with Crippen LogP contribution in [-0.2, 0) is 9.84 Å². The lowest BCUT2D eigenvalue weighted by molar-refractivity contribution is 0.161. The van der Waals surface area contributed by atoms with Crippen LogP contribution in [0.3, 0.4) is 0 Å². The van der Waals surface area contributed by atoms with Gasteiger partial charge in [-0.05, 0) is 85.4 Å². The highest BCUT2D eigenvalue weighted by Crippen LogP contribution is 2.38. The summed E-state index contributed by atoms with van der Waals surface area (Å²) in [6, 6.07) is 3.33. The molecule has 4 aromatic rings. The van der Waals surface area contributed by atoms with Crippen molar-refractivity contribution in [2.45, 2.75) is 76.0 Å². The summed E-state index contributed by atoms with van der Waals surface area (Å²) in [5.74, 6) is 3.03. The van der Waals surface area contributed by atoms with Crippen LogP contribution in [0.15, 0.2) is 35.7 Å². The topological polar surface area (TPSA) is 160 Å². The smallest absolute Gasteiger partial charge is 0.225 e. The monoisotopic (exact) mass is 649 g/mol.